The van der Waals surface area contributed by atoms with Gasteiger partial charge in [-0.2, -0.15) is 5.26 Å². The molecule has 3 aromatic rings. The van der Waals surface area contributed by atoms with Crippen LogP contribution in [0.1, 0.15) is 24.6 Å². The Morgan fingerprint density at radius 2 is 2.16 bits per heavy atom. The van der Waals surface area contributed by atoms with Gasteiger partial charge in [0.15, 0.2) is 0 Å². The molecule has 0 aliphatic rings. The number of benzene rings is 1. The summed E-state index contributed by atoms with van der Waals surface area (Å²) < 4.78 is 10.7. The number of nitro benzene ring substituents is 1. The monoisotopic (exact) mass is 453 g/mol. The second-order valence-electron chi connectivity index (χ2n) is 7.07. The molecule has 2 heterocycles. The fraction of sp³-hybridized carbons (Fsp3) is 0.238. The topological polar surface area (TPSA) is 144 Å². The number of amides is 1. The smallest absolute Gasteiger partial charge is 0.284 e. The maximum Gasteiger partial charge on any atom is 0.284 e. The fourth-order valence-corrected chi connectivity index (χ4v) is 3.71. The Labute approximate surface area is 187 Å². The van der Waals surface area contributed by atoms with Crippen molar-refractivity contribution >= 4 is 34.1 Å². The maximum absolute atomic E-state index is 12.5. The van der Waals surface area contributed by atoms with E-state index in [1.807, 2.05) is 19.9 Å². The lowest BCUT2D eigenvalue weighted by molar-refractivity contribution is -0.384. The lowest BCUT2D eigenvalue weighted by Crippen LogP contribution is -2.13. The predicted octanol–water partition coefficient (Wildman–Crippen LogP) is 4.46. The van der Waals surface area contributed by atoms with Gasteiger partial charge in [0.25, 0.3) is 11.6 Å². The van der Waals surface area contributed by atoms with Gasteiger partial charge >= 0.3 is 0 Å². The van der Waals surface area contributed by atoms with Crippen molar-refractivity contribution in [3.8, 4) is 23.1 Å². The summed E-state index contributed by atoms with van der Waals surface area (Å²) in [7, 11) is 1.41. The molecule has 1 N–H and O–H groups in total. The molecule has 0 spiro atoms. The summed E-state index contributed by atoms with van der Waals surface area (Å²) in [4.78, 5) is 23.3. The van der Waals surface area contributed by atoms with E-state index in [-0.39, 0.29) is 28.3 Å². The van der Waals surface area contributed by atoms with Gasteiger partial charge in [-0.1, -0.05) is 25.2 Å². The molecule has 0 radical (unpaired) electrons. The third kappa shape index (κ3) is 5.35. The minimum Gasteiger partial charge on any atom is -0.497 e. The highest BCUT2D eigenvalue weighted by atomic mass is 32.1. The largest absolute Gasteiger partial charge is 0.497 e. The number of ether oxygens (including phenoxy) is 1. The molecule has 0 aliphatic carbocycles. The molecule has 2 aromatic heterocycles. The van der Waals surface area contributed by atoms with Crippen LogP contribution in [0.25, 0.3) is 17.4 Å². The number of carbonyl (C=O) groups is 1. The SMILES string of the molecule is COc1ccc(-c2ccc(C=C(C#N)C(=O)Nc3nnc(CC(C)C)s3)o2)c([N+](=O)[O-])c1. The van der Waals surface area contributed by atoms with Crippen LogP contribution in [-0.4, -0.2) is 28.1 Å². The summed E-state index contributed by atoms with van der Waals surface area (Å²) in [5.41, 5.74) is -0.165. The quantitative estimate of drug-likeness (QED) is 0.228. The number of nitrogens with one attached hydrogen (secondary N) is 1. The van der Waals surface area contributed by atoms with Crippen molar-refractivity contribution in [1.82, 2.24) is 10.2 Å². The fourth-order valence-electron chi connectivity index (χ4n) is 2.76. The molecule has 0 bridgehead atoms. The molecule has 32 heavy (non-hydrogen) atoms. The van der Waals surface area contributed by atoms with Gasteiger partial charge in [0.1, 0.15) is 33.9 Å². The number of nitriles is 1. The zero-order chi connectivity index (χ0) is 23.3. The number of anilines is 1. The van der Waals surface area contributed by atoms with E-state index >= 15 is 0 Å². The Morgan fingerprint density at radius 3 is 2.81 bits per heavy atom. The van der Waals surface area contributed by atoms with E-state index in [1.165, 1.54) is 48.8 Å². The van der Waals surface area contributed by atoms with Gasteiger partial charge in [-0.15, -0.1) is 10.2 Å². The van der Waals surface area contributed by atoms with Crippen LogP contribution in [-0.2, 0) is 11.2 Å². The van der Waals surface area contributed by atoms with Crippen LogP contribution in [0.5, 0.6) is 5.75 Å². The molecule has 1 aromatic carbocycles. The standard InChI is InChI=1S/C21H19N5O5S/c1-12(2)8-19-24-25-21(32-19)23-20(27)13(11-22)9-15-5-7-18(31-15)16-6-4-14(30-3)10-17(16)26(28)29/h4-7,9-10,12H,8H2,1-3H3,(H,23,25,27). The summed E-state index contributed by atoms with van der Waals surface area (Å²) in [6.45, 7) is 4.10. The number of aromatic nitrogens is 2. The van der Waals surface area contributed by atoms with Crippen LogP contribution in [0.3, 0.4) is 0 Å². The van der Waals surface area contributed by atoms with Crippen LogP contribution in [0.2, 0.25) is 0 Å². The van der Waals surface area contributed by atoms with E-state index in [0.29, 0.717) is 16.8 Å². The number of nitro groups is 1. The third-order valence-corrected chi connectivity index (χ3v) is 5.08. The van der Waals surface area contributed by atoms with E-state index in [9.17, 15) is 20.2 Å². The number of hydrogen-bond acceptors (Lipinski definition) is 9. The molecule has 164 valence electrons. The first-order valence-electron chi connectivity index (χ1n) is 9.49. The second kappa shape index (κ2) is 9.84. The number of carbonyl (C=O) groups excluding carboxylic acids is 1. The van der Waals surface area contributed by atoms with Gasteiger partial charge in [-0.3, -0.25) is 20.2 Å². The number of methoxy groups -OCH3 is 1. The van der Waals surface area contributed by atoms with Gasteiger partial charge in [-0.25, -0.2) is 0 Å². The highest BCUT2D eigenvalue weighted by Crippen LogP contribution is 2.34. The Hall–Kier alpha value is -4.04. The molecule has 11 heteroatoms. The van der Waals surface area contributed by atoms with Crippen LogP contribution < -0.4 is 10.1 Å². The van der Waals surface area contributed by atoms with E-state index in [1.54, 1.807) is 6.07 Å². The number of hydrogen-bond donors (Lipinski definition) is 1. The van der Waals surface area contributed by atoms with Crippen molar-refractivity contribution in [2.45, 2.75) is 20.3 Å². The summed E-state index contributed by atoms with van der Waals surface area (Å²) in [6, 6.07) is 9.23. The van der Waals surface area contributed by atoms with Crippen molar-refractivity contribution in [3.05, 3.63) is 56.8 Å². The highest BCUT2D eigenvalue weighted by Gasteiger charge is 2.20. The molecule has 0 saturated carbocycles. The number of rotatable bonds is 8. The first-order chi connectivity index (χ1) is 15.3. The third-order valence-electron chi connectivity index (χ3n) is 4.22. The zero-order valence-corrected chi connectivity index (χ0v) is 18.3. The summed E-state index contributed by atoms with van der Waals surface area (Å²) in [5.74, 6) is 0.480. The summed E-state index contributed by atoms with van der Waals surface area (Å²) >= 11 is 1.24. The minimum atomic E-state index is -0.659. The van der Waals surface area contributed by atoms with E-state index in [0.717, 1.165) is 11.4 Å². The highest BCUT2D eigenvalue weighted by molar-refractivity contribution is 7.15. The van der Waals surface area contributed by atoms with Gasteiger partial charge in [0.05, 0.1) is 23.7 Å². The van der Waals surface area contributed by atoms with Crippen LogP contribution in [0, 0.1) is 27.4 Å². The Bertz CT molecular complexity index is 1220. The van der Waals surface area contributed by atoms with Crippen molar-refractivity contribution in [1.29, 1.82) is 5.26 Å². The van der Waals surface area contributed by atoms with Gasteiger partial charge < -0.3 is 9.15 Å². The Balaban J connectivity index is 1.81. The lowest BCUT2D eigenvalue weighted by atomic mass is 10.1. The molecule has 0 unspecified atom stereocenters. The Morgan fingerprint density at radius 1 is 1.38 bits per heavy atom. The summed E-state index contributed by atoms with van der Waals surface area (Å²) in [5, 5.41) is 32.4. The predicted molar refractivity (Wildman–Crippen MR) is 118 cm³/mol. The van der Waals surface area contributed by atoms with E-state index in [2.05, 4.69) is 15.5 Å². The molecule has 1 amide bonds. The average molecular weight is 453 g/mol. The average Bonchev–Trinajstić information content (AvgIpc) is 3.40. The van der Waals surface area contributed by atoms with Crippen molar-refractivity contribution < 1.29 is 18.9 Å². The van der Waals surface area contributed by atoms with Gasteiger partial charge in [-0.05, 0) is 30.2 Å². The number of nitrogens with zero attached hydrogens (tertiary/aromatic N) is 4. The lowest BCUT2D eigenvalue weighted by Gasteiger charge is -2.03. The normalized spacial score (nSPS) is 11.3. The molecule has 0 fully saturated rings. The molecule has 0 saturated heterocycles. The zero-order valence-electron chi connectivity index (χ0n) is 17.5. The van der Waals surface area contributed by atoms with E-state index in [4.69, 9.17) is 9.15 Å². The second-order valence-corrected chi connectivity index (χ2v) is 8.13. The van der Waals surface area contributed by atoms with Crippen LogP contribution in [0.4, 0.5) is 10.8 Å². The maximum atomic E-state index is 12.5. The first-order valence-corrected chi connectivity index (χ1v) is 10.3. The molecule has 0 atom stereocenters. The summed E-state index contributed by atoms with van der Waals surface area (Å²) in [6.07, 6.45) is 1.99. The van der Waals surface area contributed by atoms with Crippen molar-refractivity contribution in [3.63, 3.8) is 0 Å². The van der Waals surface area contributed by atoms with E-state index < -0.39 is 10.8 Å². The van der Waals surface area contributed by atoms with Crippen LogP contribution >= 0.6 is 11.3 Å². The van der Waals surface area contributed by atoms with Gasteiger partial charge in [0.2, 0.25) is 5.13 Å². The molecular weight excluding hydrogens is 434 g/mol. The molecule has 0 aliphatic heterocycles. The van der Waals surface area contributed by atoms with Gasteiger partial charge in [0, 0.05) is 12.5 Å². The number of furan rings is 1. The van der Waals surface area contributed by atoms with Crippen LogP contribution in [0.15, 0.2) is 40.3 Å². The van der Waals surface area contributed by atoms with Crippen molar-refractivity contribution in [2.75, 3.05) is 12.4 Å². The van der Waals surface area contributed by atoms with Crippen molar-refractivity contribution in [2.24, 2.45) is 5.92 Å². The molecule has 3 rings (SSSR count). The minimum absolute atomic E-state index is 0.189. The Kier molecular flexibility index (Phi) is 6.97. The molecular formula is C21H19N5O5S. The molecule has 10 nitrogen and oxygen atoms in total. The first kappa shape index (κ1) is 22.6.